The molecule has 0 aromatic rings. The number of hydrogen-bond acceptors (Lipinski definition) is 4. The van der Waals surface area contributed by atoms with E-state index < -0.39 is 0 Å². The van der Waals surface area contributed by atoms with Crippen molar-refractivity contribution >= 4 is 5.78 Å². The van der Waals surface area contributed by atoms with Crippen LogP contribution in [0, 0.1) is 40.9 Å². The van der Waals surface area contributed by atoms with E-state index in [-0.39, 0.29) is 23.0 Å². The number of aliphatic hydroxyl groups excluding tert-OH is 1. The molecular formula is C27H41NO3. The molecule has 31 heavy (non-hydrogen) atoms. The minimum atomic E-state index is -0.280. The summed E-state index contributed by atoms with van der Waals surface area (Å²) in [7, 11) is 0. The van der Waals surface area contributed by atoms with E-state index in [2.05, 4.69) is 33.0 Å². The van der Waals surface area contributed by atoms with Crippen molar-refractivity contribution in [1.82, 2.24) is 5.32 Å². The minimum absolute atomic E-state index is 0.0720. The average Bonchev–Trinajstić information content (AvgIpc) is 3.23. The molecule has 0 bridgehead atoms. The highest BCUT2D eigenvalue weighted by Crippen LogP contribution is 2.65. The number of nitrogens with one attached hydrogen (secondary N) is 1. The maximum Gasteiger partial charge on any atom is 0.136 e. The Bertz CT molecular complexity index is 821. The van der Waals surface area contributed by atoms with Gasteiger partial charge < -0.3 is 15.2 Å². The van der Waals surface area contributed by atoms with Gasteiger partial charge in [-0.2, -0.15) is 0 Å². The summed E-state index contributed by atoms with van der Waals surface area (Å²) in [6.45, 7) is 10.6. The molecule has 0 radical (unpaired) electrons. The SMILES string of the molecule is CC1=C2C[C@H]3[C@@H](CC(=O)[C@H]4C[C@@H](O)CC[C@@]43C)[C@@H]2CC[C@]12OC1C[C@H](C)CN[C@H]1[C@H]2C. The number of carbonyl (C=O) groups is 1. The van der Waals surface area contributed by atoms with E-state index in [0.29, 0.717) is 53.9 Å². The smallest absolute Gasteiger partial charge is 0.136 e. The van der Waals surface area contributed by atoms with Crippen molar-refractivity contribution in [2.24, 2.45) is 40.9 Å². The molecule has 0 aromatic heterocycles. The number of rotatable bonds is 0. The first kappa shape index (κ1) is 20.9. The van der Waals surface area contributed by atoms with E-state index in [1.54, 1.807) is 5.57 Å². The fraction of sp³-hybridized carbons (Fsp3) is 0.889. The highest BCUT2D eigenvalue weighted by atomic mass is 16.5. The van der Waals surface area contributed by atoms with Crippen molar-refractivity contribution in [2.45, 2.75) is 103 Å². The molecule has 5 fully saturated rings. The van der Waals surface area contributed by atoms with E-state index in [0.717, 1.165) is 38.6 Å². The van der Waals surface area contributed by atoms with E-state index in [4.69, 9.17) is 4.74 Å². The molecule has 11 atom stereocenters. The van der Waals surface area contributed by atoms with Gasteiger partial charge in [-0.05, 0) is 93.1 Å². The van der Waals surface area contributed by atoms with Crippen LogP contribution in [0.4, 0.5) is 0 Å². The molecule has 2 N–H and O–H groups in total. The Balaban J connectivity index is 1.35. The van der Waals surface area contributed by atoms with Crippen LogP contribution in [0.15, 0.2) is 11.1 Å². The van der Waals surface area contributed by atoms with Gasteiger partial charge in [0.15, 0.2) is 0 Å². The van der Waals surface area contributed by atoms with E-state index >= 15 is 0 Å². The van der Waals surface area contributed by atoms with Gasteiger partial charge in [-0.1, -0.05) is 26.3 Å². The number of carbonyl (C=O) groups excluding carboxylic acids is 1. The topological polar surface area (TPSA) is 58.6 Å². The molecule has 0 amide bonds. The first-order chi connectivity index (χ1) is 14.7. The van der Waals surface area contributed by atoms with E-state index in [1.165, 1.54) is 18.4 Å². The molecule has 172 valence electrons. The van der Waals surface area contributed by atoms with Gasteiger partial charge in [0.2, 0.25) is 0 Å². The molecule has 6 rings (SSSR count). The largest absolute Gasteiger partial charge is 0.393 e. The van der Waals surface area contributed by atoms with Gasteiger partial charge in [-0.25, -0.2) is 0 Å². The average molecular weight is 428 g/mol. The zero-order chi connectivity index (χ0) is 21.7. The number of Topliss-reactive ketones (excluding diaryl/α,β-unsaturated/α-hetero) is 1. The molecule has 2 saturated heterocycles. The van der Waals surface area contributed by atoms with Gasteiger partial charge in [-0.3, -0.25) is 4.79 Å². The molecule has 1 spiro atoms. The second-order valence-electron chi connectivity index (χ2n) is 12.5. The minimum Gasteiger partial charge on any atom is -0.393 e. The lowest BCUT2D eigenvalue weighted by atomic mass is 9.51. The van der Waals surface area contributed by atoms with Gasteiger partial charge in [0, 0.05) is 24.3 Å². The normalized spacial score (nSPS) is 56.3. The molecule has 2 aliphatic heterocycles. The molecule has 3 saturated carbocycles. The van der Waals surface area contributed by atoms with Crippen LogP contribution in [0.2, 0.25) is 0 Å². The van der Waals surface area contributed by atoms with Crippen LogP contribution in [0.25, 0.3) is 0 Å². The fourth-order valence-corrected chi connectivity index (χ4v) is 9.46. The Morgan fingerprint density at radius 1 is 1.13 bits per heavy atom. The third kappa shape index (κ3) is 2.74. The van der Waals surface area contributed by atoms with Crippen molar-refractivity contribution in [3.8, 4) is 0 Å². The van der Waals surface area contributed by atoms with Crippen LogP contribution >= 0.6 is 0 Å². The van der Waals surface area contributed by atoms with Crippen LogP contribution in [-0.4, -0.2) is 41.3 Å². The van der Waals surface area contributed by atoms with E-state index in [9.17, 15) is 9.90 Å². The number of piperidine rings is 1. The van der Waals surface area contributed by atoms with E-state index in [1.807, 2.05) is 0 Å². The monoisotopic (exact) mass is 427 g/mol. The Hall–Kier alpha value is -0.710. The second kappa shape index (κ2) is 6.90. The summed E-state index contributed by atoms with van der Waals surface area (Å²) in [6.07, 6.45) is 8.02. The molecule has 4 heteroatoms. The summed E-state index contributed by atoms with van der Waals surface area (Å²) in [5.41, 5.74) is 3.15. The number of aliphatic hydroxyl groups is 1. The van der Waals surface area contributed by atoms with Crippen molar-refractivity contribution < 1.29 is 14.6 Å². The Morgan fingerprint density at radius 2 is 1.94 bits per heavy atom. The van der Waals surface area contributed by atoms with Crippen LogP contribution in [-0.2, 0) is 9.53 Å². The number of allylic oxidation sites excluding steroid dienone is 1. The van der Waals surface area contributed by atoms with Crippen LogP contribution in [0.5, 0.6) is 0 Å². The van der Waals surface area contributed by atoms with Crippen LogP contribution < -0.4 is 5.32 Å². The molecule has 6 aliphatic rings. The zero-order valence-electron chi connectivity index (χ0n) is 19.8. The lowest BCUT2D eigenvalue weighted by Gasteiger charge is -2.52. The Kier molecular flexibility index (Phi) is 4.64. The Morgan fingerprint density at radius 3 is 2.74 bits per heavy atom. The van der Waals surface area contributed by atoms with Crippen molar-refractivity contribution in [3.05, 3.63) is 11.1 Å². The van der Waals surface area contributed by atoms with Gasteiger partial charge in [0.1, 0.15) is 5.78 Å². The van der Waals surface area contributed by atoms with Gasteiger partial charge in [0.05, 0.1) is 17.8 Å². The summed E-state index contributed by atoms with van der Waals surface area (Å²) >= 11 is 0. The second-order valence-corrected chi connectivity index (χ2v) is 12.5. The first-order valence-corrected chi connectivity index (χ1v) is 13.1. The third-order valence-electron chi connectivity index (χ3n) is 11.2. The number of ether oxygens (including phenoxy) is 1. The number of hydrogen-bond donors (Lipinski definition) is 2. The van der Waals surface area contributed by atoms with Crippen LogP contribution in [0.1, 0.15) is 79.1 Å². The summed E-state index contributed by atoms with van der Waals surface area (Å²) in [5, 5.41) is 14.1. The number of ketones is 1. The fourth-order valence-electron chi connectivity index (χ4n) is 9.46. The van der Waals surface area contributed by atoms with Gasteiger partial charge >= 0.3 is 0 Å². The number of fused-ring (bicyclic) bond motifs is 6. The summed E-state index contributed by atoms with van der Waals surface area (Å²) < 4.78 is 7.00. The summed E-state index contributed by atoms with van der Waals surface area (Å²) in [4.78, 5) is 13.2. The quantitative estimate of drug-likeness (QED) is 0.567. The van der Waals surface area contributed by atoms with Gasteiger partial charge in [0.25, 0.3) is 0 Å². The van der Waals surface area contributed by atoms with Crippen molar-refractivity contribution in [2.75, 3.05) is 6.54 Å². The lowest BCUT2D eigenvalue weighted by Crippen LogP contribution is -2.51. The molecule has 0 aromatic carbocycles. The maximum absolute atomic E-state index is 13.2. The highest BCUT2D eigenvalue weighted by Gasteiger charge is 2.62. The zero-order valence-corrected chi connectivity index (χ0v) is 19.8. The summed E-state index contributed by atoms with van der Waals surface area (Å²) in [5.74, 6) is 3.41. The molecule has 2 heterocycles. The van der Waals surface area contributed by atoms with Crippen LogP contribution in [0.3, 0.4) is 0 Å². The predicted octanol–water partition coefficient (Wildman–Crippen LogP) is 4.26. The lowest BCUT2D eigenvalue weighted by molar-refractivity contribution is -0.145. The van der Waals surface area contributed by atoms with Crippen molar-refractivity contribution in [1.29, 1.82) is 0 Å². The molecular weight excluding hydrogens is 386 g/mol. The standard InChI is InChI=1S/C27H41NO3/c1-14-9-24-25(28-13-14)16(3)27(31-24)8-6-18-19(15(27)2)11-21-20(18)12-23(30)22-10-17(29)5-7-26(21,22)4/h14,16-18,20-22,24-25,28-29H,5-13H2,1-4H3/t14-,16+,17-,18+,20-,21-,22+,24?,25-,26+,27-/m0/s1. The Labute approximate surface area is 187 Å². The molecule has 1 unspecified atom stereocenters. The predicted molar refractivity (Wildman–Crippen MR) is 120 cm³/mol. The molecule has 4 nitrogen and oxygen atoms in total. The molecule has 4 aliphatic carbocycles. The maximum atomic E-state index is 13.2. The third-order valence-corrected chi connectivity index (χ3v) is 11.2. The first-order valence-electron chi connectivity index (χ1n) is 13.1. The van der Waals surface area contributed by atoms with Gasteiger partial charge in [-0.15, -0.1) is 0 Å². The van der Waals surface area contributed by atoms with Crippen molar-refractivity contribution in [3.63, 3.8) is 0 Å². The highest BCUT2D eigenvalue weighted by molar-refractivity contribution is 5.83. The summed E-state index contributed by atoms with van der Waals surface area (Å²) in [6, 6.07) is 0.482.